The molecule has 1 atom stereocenters. The van der Waals surface area contributed by atoms with Crippen molar-refractivity contribution in [1.82, 2.24) is 15.6 Å². The van der Waals surface area contributed by atoms with E-state index in [2.05, 4.69) is 22.2 Å². The summed E-state index contributed by atoms with van der Waals surface area (Å²) in [4.78, 5) is 55.5. The van der Waals surface area contributed by atoms with Crippen molar-refractivity contribution in [3.63, 3.8) is 0 Å². The molecule has 214 valence electrons. The molecule has 0 aliphatic heterocycles. The Kier molecular flexibility index (Phi) is 10.8. The SMILES string of the molecule is C=Cc1cc(C(=O)NCC)c(-c2ccc(C(=O)NCC3CC3)nc2C(=O)OCOC(=O)C[C@@H](C)CC)cc1OC. The maximum absolute atomic E-state index is 13.3. The van der Waals surface area contributed by atoms with Crippen molar-refractivity contribution in [1.29, 1.82) is 0 Å². The number of amides is 2. The number of hydrogen-bond acceptors (Lipinski definition) is 8. The number of aromatic nitrogens is 1. The zero-order valence-electron chi connectivity index (χ0n) is 23.5. The van der Waals surface area contributed by atoms with Crippen LogP contribution in [0.1, 0.15) is 83.4 Å². The van der Waals surface area contributed by atoms with Gasteiger partial charge in [-0.25, -0.2) is 9.78 Å². The van der Waals surface area contributed by atoms with Gasteiger partial charge in [0.1, 0.15) is 11.4 Å². The molecule has 40 heavy (non-hydrogen) atoms. The largest absolute Gasteiger partial charge is 0.496 e. The molecule has 2 amide bonds. The number of pyridine rings is 1. The van der Waals surface area contributed by atoms with Gasteiger partial charge in [0, 0.05) is 41.8 Å². The summed E-state index contributed by atoms with van der Waals surface area (Å²) in [6.07, 6.45) is 4.68. The third kappa shape index (κ3) is 7.91. The third-order valence-corrected chi connectivity index (χ3v) is 6.65. The lowest BCUT2D eigenvalue weighted by molar-refractivity contribution is -0.153. The summed E-state index contributed by atoms with van der Waals surface area (Å²) >= 11 is 0. The van der Waals surface area contributed by atoms with E-state index >= 15 is 0 Å². The first-order valence-corrected chi connectivity index (χ1v) is 13.5. The molecule has 1 aromatic carbocycles. The average molecular weight is 552 g/mol. The first-order valence-electron chi connectivity index (χ1n) is 13.5. The van der Waals surface area contributed by atoms with Crippen LogP contribution in [0.2, 0.25) is 0 Å². The van der Waals surface area contributed by atoms with Gasteiger partial charge in [0.25, 0.3) is 11.8 Å². The first kappa shape index (κ1) is 30.3. The Morgan fingerprint density at radius 2 is 1.82 bits per heavy atom. The van der Waals surface area contributed by atoms with Gasteiger partial charge < -0.3 is 24.8 Å². The predicted octanol–water partition coefficient (Wildman–Crippen LogP) is 4.38. The molecule has 10 heteroatoms. The van der Waals surface area contributed by atoms with E-state index in [9.17, 15) is 19.2 Å². The number of nitrogens with zero attached hydrogens (tertiary/aromatic N) is 1. The van der Waals surface area contributed by atoms with Crippen molar-refractivity contribution in [3.05, 3.63) is 53.4 Å². The summed E-state index contributed by atoms with van der Waals surface area (Å²) < 4.78 is 15.8. The fourth-order valence-corrected chi connectivity index (χ4v) is 3.91. The van der Waals surface area contributed by atoms with Gasteiger partial charge in [0.05, 0.1) is 7.11 Å². The molecule has 0 spiro atoms. The van der Waals surface area contributed by atoms with Gasteiger partial charge in [-0.15, -0.1) is 0 Å². The molecule has 0 bridgehead atoms. The van der Waals surface area contributed by atoms with Crippen molar-refractivity contribution in [2.75, 3.05) is 27.0 Å². The number of rotatable bonds is 14. The number of esters is 2. The molecule has 10 nitrogen and oxygen atoms in total. The standard InChI is InChI=1S/C30H37N3O7/c1-6-18(4)13-26(34)39-17-40-30(37)27-21(11-12-24(33-27)29(36)32-16-19-9-10-19)22-15-25(38-5)20(7-2)14-23(22)28(35)31-8-3/h7,11-12,14-15,18-19H,2,6,8-10,13,16-17H2,1,3-5H3,(H,31,35)(H,32,36)/t18-/m0/s1. The lowest BCUT2D eigenvalue weighted by Gasteiger charge is -2.17. The Morgan fingerprint density at radius 3 is 2.45 bits per heavy atom. The third-order valence-electron chi connectivity index (χ3n) is 6.65. The molecule has 0 unspecified atom stereocenters. The van der Waals surface area contributed by atoms with E-state index in [0.717, 1.165) is 19.3 Å². The summed E-state index contributed by atoms with van der Waals surface area (Å²) in [7, 11) is 1.48. The van der Waals surface area contributed by atoms with Crippen LogP contribution in [0.4, 0.5) is 0 Å². The van der Waals surface area contributed by atoms with Crippen LogP contribution in [0, 0.1) is 11.8 Å². The summed E-state index contributed by atoms with van der Waals surface area (Å²) in [5.74, 6) is -1.23. The highest BCUT2D eigenvalue weighted by Gasteiger charge is 2.26. The smallest absolute Gasteiger partial charge is 0.360 e. The first-order chi connectivity index (χ1) is 19.2. The minimum Gasteiger partial charge on any atom is -0.496 e. The summed E-state index contributed by atoms with van der Waals surface area (Å²) in [6, 6.07) is 6.23. The van der Waals surface area contributed by atoms with E-state index in [-0.39, 0.29) is 40.8 Å². The maximum Gasteiger partial charge on any atom is 0.360 e. The van der Waals surface area contributed by atoms with Crippen molar-refractivity contribution >= 4 is 29.8 Å². The molecular weight excluding hydrogens is 514 g/mol. The van der Waals surface area contributed by atoms with E-state index in [1.54, 1.807) is 25.1 Å². The van der Waals surface area contributed by atoms with Crippen LogP contribution in [0.5, 0.6) is 5.75 Å². The number of nitrogens with one attached hydrogen (secondary N) is 2. The molecule has 3 rings (SSSR count). The number of methoxy groups -OCH3 is 1. The summed E-state index contributed by atoms with van der Waals surface area (Å²) in [6.45, 7) is 9.74. The van der Waals surface area contributed by atoms with Crippen molar-refractivity contribution in [3.8, 4) is 16.9 Å². The van der Waals surface area contributed by atoms with Crippen LogP contribution in [0.3, 0.4) is 0 Å². The second kappa shape index (κ2) is 14.3. The molecule has 1 saturated carbocycles. The van der Waals surface area contributed by atoms with E-state index in [4.69, 9.17) is 14.2 Å². The molecule has 0 radical (unpaired) electrons. The zero-order chi connectivity index (χ0) is 29.2. The van der Waals surface area contributed by atoms with E-state index in [1.807, 2.05) is 13.8 Å². The summed E-state index contributed by atoms with van der Waals surface area (Å²) in [5.41, 5.74) is 1.21. The number of hydrogen-bond donors (Lipinski definition) is 2. The van der Waals surface area contributed by atoms with E-state index < -0.39 is 24.6 Å². The van der Waals surface area contributed by atoms with Gasteiger partial charge in [0.2, 0.25) is 6.79 Å². The fraction of sp³-hybridized carbons (Fsp3) is 0.433. The monoisotopic (exact) mass is 551 g/mol. The van der Waals surface area contributed by atoms with Crippen LogP contribution in [0.15, 0.2) is 30.8 Å². The second-order valence-electron chi connectivity index (χ2n) is 9.73. The zero-order valence-corrected chi connectivity index (χ0v) is 23.5. The molecule has 0 saturated heterocycles. The minimum absolute atomic E-state index is 0.0133. The molecule has 2 aromatic rings. The van der Waals surface area contributed by atoms with Gasteiger partial charge in [-0.2, -0.15) is 0 Å². The average Bonchev–Trinajstić information content (AvgIpc) is 3.79. The Hall–Kier alpha value is -4.21. The van der Waals surface area contributed by atoms with Crippen LogP contribution >= 0.6 is 0 Å². The van der Waals surface area contributed by atoms with Crippen LogP contribution in [-0.2, 0) is 14.3 Å². The molecule has 2 N–H and O–H groups in total. The lowest BCUT2D eigenvalue weighted by Crippen LogP contribution is -2.27. The normalized spacial score (nSPS) is 13.1. The topological polar surface area (TPSA) is 133 Å². The molecule has 1 aromatic heterocycles. The van der Waals surface area contributed by atoms with Crippen molar-refractivity contribution < 1.29 is 33.4 Å². The molecule has 1 aliphatic carbocycles. The van der Waals surface area contributed by atoms with Crippen molar-refractivity contribution in [2.45, 2.75) is 46.5 Å². The van der Waals surface area contributed by atoms with E-state index in [0.29, 0.717) is 35.9 Å². The Labute approximate surface area is 234 Å². The Balaban J connectivity index is 2.01. The highest BCUT2D eigenvalue weighted by Crippen LogP contribution is 2.34. The number of carbonyl (C=O) groups is 4. The van der Waals surface area contributed by atoms with Gasteiger partial charge in [-0.1, -0.05) is 32.9 Å². The summed E-state index contributed by atoms with van der Waals surface area (Å²) in [5, 5.41) is 5.60. The number of benzene rings is 1. The fourth-order valence-electron chi connectivity index (χ4n) is 3.91. The molecular formula is C30H37N3O7. The highest BCUT2D eigenvalue weighted by molar-refractivity contribution is 6.06. The van der Waals surface area contributed by atoms with Gasteiger partial charge in [-0.3, -0.25) is 14.4 Å². The second-order valence-corrected chi connectivity index (χ2v) is 9.73. The van der Waals surface area contributed by atoms with Gasteiger partial charge in [0.15, 0.2) is 5.69 Å². The molecule has 1 aliphatic rings. The minimum atomic E-state index is -0.920. The van der Waals surface area contributed by atoms with E-state index in [1.165, 1.54) is 19.2 Å². The van der Waals surface area contributed by atoms with Crippen LogP contribution < -0.4 is 15.4 Å². The highest BCUT2D eigenvalue weighted by atomic mass is 16.7. The predicted molar refractivity (Wildman–Crippen MR) is 150 cm³/mol. The molecule has 1 heterocycles. The van der Waals surface area contributed by atoms with Crippen LogP contribution in [-0.4, -0.2) is 55.7 Å². The number of carbonyl (C=O) groups excluding carboxylic acids is 4. The maximum atomic E-state index is 13.3. The number of ether oxygens (including phenoxy) is 3. The lowest BCUT2D eigenvalue weighted by atomic mass is 9.94. The van der Waals surface area contributed by atoms with Crippen LogP contribution in [0.25, 0.3) is 17.2 Å². The molecule has 1 fully saturated rings. The van der Waals surface area contributed by atoms with Gasteiger partial charge >= 0.3 is 11.9 Å². The quantitative estimate of drug-likeness (QED) is 0.261. The van der Waals surface area contributed by atoms with Gasteiger partial charge in [-0.05, 0) is 55.9 Å². The van der Waals surface area contributed by atoms with Crippen molar-refractivity contribution in [2.24, 2.45) is 11.8 Å². The Morgan fingerprint density at radius 1 is 1.07 bits per heavy atom. The Bertz CT molecular complexity index is 1270.